The van der Waals surface area contributed by atoms with E-state index in [0.29, 0.717) is 36.8 Å². The Labute approximate surface area is 141 Å². The number of benzene rings is 2. The highest BCUT2D eigenvalue weighted by molar-refractivity contribution is 6.42. The average Bonchev–Trinajstić information content (AvgIpc) is 2.36. The predicted molar refractivity (Wildman–Crippen MR) is 88.6 cm³/mol. The fourth-order valence-corrected chi connectivity index (χ4v) is 3.14. The second-order valence-corrected chi connectivity index (χ2v) is 5.78. The van der Waals surface area contributed by atoms with E-state index in [0.717, 1.165) is 6.08 Å². The van der Waals surface area contributed by atoms with Crippen molar-refractivity contribution in [1.82, 2.24) is 0 Å². The minimum Gasteiger partial charge on any atom is -0.478 e. The van der Waals surface area contributed by atoms with Crippen molar-refractivity contribution in [2.75, 3.05) is 0 Å². The average molecular weight is 362 g/mol. The lowest BCUT2D eigenvalue weighted by Crippen LogP contribution is -1.90. The maximum absolute atomic E-state index is 10.7. The molecule has 0 radical (unpaired) electrons. The second kappa shape index (κ2) is 6.71. The molecule has 0 fully saturated rings. The first kappa shape index (κ1) is 16.2. The topological polar surface area (TPSA) is 37.3 Å². The Morgan fingerprint density at radius 3 is 2.19 bits per heavy atom. The summed E-state index contributed by atoms with van der Waals surface area (Å²) in [4.78, 5) is 10.7. The molecule has 2 nitrogen and oxygen atoms in total. The summed E-state index contributed by atoms with van der Waals surface area (Å²) in [7, 11) is 0. The molecule has 6 heteroatoms. The maximum Gasteiger partial charge on any atom is 0.328 e. The number of rotatable bonds is 3. The van der Waals surface area contributed by atoms with E-state index in [2.05, 4.69) is 0 Å². The molecule has 0 bridgehead atoms. The summed E-state index contributed by atoms with van der Waals surface area (Å²) >= 11 is 24.4. The molecule has 21 heavy (non-hydrogen) atoms. The van der Waals surface area contributed by atoms with Crippen LogP contribution in [-0.4, -0.2) is 11.1 Å². The van der Waals surface area contributed by atoms with Crippen LogP contribution in [0.2, 0.25) is 20.1 Å². The minimum atomic E-state index is -1.07. The molecule has 2 aromatic rings. The van der Waals surface area contributed by atoms with E-state index in [1.807, 2.05) is 0 Å². The maximum atomic E-state index is 10.7. The van der Waals surface area contributed by atoms with E-state index in [-0.39, 0.29) is 0 Å². The Kier molecular flexibility index (Phi) is 5.17. The van der Waals surface area contributed by atoms with E-state index < -0.39 is 5.97 Å². The van der Waals surface area contributed by atoms with Gasteiger partial charge in [-0.25, -0.2) is 4.79 Å². The number of hydrogen-bond acceptors (Lipinski definition) is 1. The summed E-state index contributed by atoms with van der Waals surface area (Å²) in [6.07, 6.45) is 2.41. The highest BCUT2D eigenvalue weighted by atomic mass is 35.5. The van der Waals surface area contributed by atoms with Crippen molar-refractivity contribution in [1.29, 1.82) is 0 Å². The molecule has 0 aliphatic heterocycles. The van der Waals surface area contributed by atoms with Crippen molar-refractivity contribution in [3.63, 3.8) is 0 Å². The summed E-state index contributed by atoms with van der Waals surface area (Å²) in [5.41, 5.74) is 1.70. The van der Waals surface area contributed by atoms with Gasteiger partial charge in [0.15, 0.2) is 0 Å². The Morgan fingerprint density at radius 1 is 1.00 bits per heavy atom. The van der Waals surface area contributed by atoms with Gasteiger partial charge >= 0.3 is 5.97 Å². The van der Waals surface area contributed by atoms with Gasteiger partial charge in [-0.2, -0.15) is 0 Å². The van der Waals surface area contributed by atoms with Gasteiger partial charge < -0.3 is 5.11 Å². The molecule has 2 rings (SSSR count). The molecule has 0 spiro atoms. The number of hydrogen-bond donors (Lipinski definition) is 1. The first-order valence-corrected chi connectivity index (χ1v) is 7.25. The molecular formula is C15H8Cl4O2. The van der Waals surface area contributed by atoms with Crippen LogP contribution >= 0.6 is 46.4 Å². The number of carboxylic acids is 1. The predicted octanol–water partition coefficient (Wildman–Crippen LogP) is 6.07. The smallest absolute Gasteiger partial charge is 0.328 e. The van der Waals surface area contributed by atoms with Crippen molar-refractivity contribution >= 4 is 58.4 Å². The van der Waals surface area contributed by atoms with Crippen LogP contribution in [0.4, 0.5) is 0 Å². The molecule has 0 aliphatic rings. The van der Waals surface area contributed by atoms with Crippen molar-refractivity contribution in [2.24, 2.45) is 0 Å². The van der Waals surface area contributed by atoms with Crippen LogP contribution in [0.5, 0.6) is 0 Å². The highest BCUT2D eigenvalue weighted by Crippen LogP contribution is 2.40. The van der Waals surface area contributed by atoms with E-state index in [4.69, 9.17) is 51.5 Å². The lowest BCUT2D eigenvalue weighted by molar-refractivity contribution is -0.131. The first-order chi connectivity index (χ1) is 9.90. The molecule has 0 saturated heterocycles. The van der Waals surface area contributed by atoms with Crippen molar-refractivity contribution in [3.05, 3.63) is 62.1 Å². The number of carboxylic acid groups (broad SMARTS) is 1. The molecule has 0 unspecified atom stereocenters. The highest BCUT2D eigenvalue weighted by Gasteiger charge is 2.14. The van der Waals surface area contributed by atoms with E-state index >= 15 is 0 Å². The molecule has 0 aliphatic carbocycles. The van der Waals surface area contributed by atoms with Crippen molar-refractivity contribution < 1.29 is 9.90 Å². The third-order valence-corrected chi connectivity index (χ3v) is 3.87. The van der Waals surface area contributed by atoms with E-state index in [9.17, 15) is 4.79 Å². The van der Waals surface area contributed by atoms with Gasteiger partial charge in [-0.05, 0) is 29.8 Å². The van der Waals surface area contributed by atoms with E-state index in [1.54, 1.807) is 30.3 Å². The summed E-state index contributed by atoms with van der Waals surface area (Å²) in [6, 6.07) is 8.28. The molecule has 2 aromatic carbocycles. The lowest BCUT2D eigenvalue weighted by Gasteiger charge is -2.12. The molecule has 0 amide bonds. The van der Waals surface area contributed by atoms with Gasteiger partial charge in [0.2, 0.25) is 0 Å². The molecule has 0 atom stereocenters. The van der Waals surface area contributed by atoms with Crippen LogP contribution in [0.15, 0.2) is 36.4 Å². The summed E-state index contributed by atoms with van der Waals surface area (Å²) in [6.45, 7) is 0. The number of carbonyl (C=O) groups is 1. The standard InChI is InChI=1S/C15H8Cl4O2/c16-8-6-12(18)15(13(19)7-8)10-2-1-3-11(17)9(10)4-5-14(20)21/h1-7H,(H,20,21)/b5-4+. The molecule has 1 N–H and O–H groups in total. The second-order valence-electron chi connectivity index (χ2n) is 4.12. The number of aliphatic carboxylic acids is 1. The molecule has 0 aromatic heterocycles. The zero-order chi connectivity index (χ0) is 15.6. The molecule has 0 saturated carbocycles. The Morgan fingerprint density at radius 2 is 1.62 bits per heavy atom. The van der Waals surface area contributed by atoms with Crippen LogP contribution in [0.25, 0.3) is 17.2 Å². The summed E-state index contributed by atoms with van der Waals surface area (Å²) < 4.78 is 0. The summed E-state index contributed by atoms with van der Waals surface area (Å²) in [5.74, 6) is -1.07. The Bertz CT molecular complexity index is 715. The van der Waals surface area contributed by atoms with Crippen LogP contribution in [0.1, 0.15) is 5.56 Å². The molecule has 0 heterocycles. The van der Waals surface area contributed by atoms with Gasteiger partial charge in [0, 0.05) is 27.2 Å². The largest absolute Gasteiger partial charge is 0.478 e. The van der Waals surface area contributed by atoms with Crippen LogP contribution in [0, 0.1) is 0 Å². The monoisotopic (exact) mass is 360 g/mol. The zero-order valence-electron chi connectivity index (χ0n) is 10.4. The van der Waals surface area contributed by atoms with Crippen LogP contribution < -0.4 is 0 Å². The van der Waals surface area contributed by atoms with Gasteiger partial charge in [0.1, 0.15) is 0 Å². The third-order valence-electron chi connectivity index (χ3n) is 2.72. The van der Waals surface area contributed by atoms with Gasteiger partial charge in [0.05, 0.1) is 10.0 Å². The third kappa shape index (κ3) is 3.72. The van der Waals surface area contributed by atoms with Crippen molar-refractivity contribution in [3.8, 4) is 11.1 Å². The van der Waals surface area contributed by atoms with E-state index in [1.165, 1.54) is 6.08 Å². The van der Waals surface area contributed by atoms with Gasteiger partial charge in [-0.1, -0.05) is 58.5 Å². The summed E-state index contributed by atoms with van der Waals surface area (Å²) in [5, 5.41) is 10.3. The molecular weight excluding hydrogens is 354 g/mol. The number of halogens is 4. The normalized spacial score (nSPS) is 11.0. The fourth-order valence-electron chi connectivity index (χ4n) is 1.88. The van der Waals surface area contributed by atoms with Crippen LogP contribution in [-0.2, 0) is 4.79 Å². The van der Waals surface area contributed by atoms with Gasteiger partial charge in [0.25, 0.3) is 0 Å². The zero-order valence-corrected chi connectivity index (χ0v) is 13.4. The molecule has 108 valence electrons. The van der Waals surface area contributed by atoms with Crippen molar-refractivity contribution in [2.45, 2.75) is 0 Å². The minimum absolute atomic E-state index is 0.361. The lowest BCUT2D eigenvalue weighted by atomic mass is 9.99. The van der Waals surface area contributed by atoms with Gasteiger partial charge in [-0.3, -0.25) is 0 Å². The first-order valence-electron chi connectivity index (χ1n) is 5.74. The fraction of sp³-hybridized carbons (Fsp3) is 0. The van der Waals surface area contributed by atoms with Gasteiger partial charge in [-0.15, -0.1) is 0 Å². The SMILES string of the molecule is O=C(O)/C=C/c1c(Cl)cccc1-c1c(Cl)cc(Cl)cc1Cl. The Hall–Kier alpha value is -1.19. The quantitative estimate of drug-likeness (QED) is 0.674. The van der Waals surface area contributed by atoms with Crippen LogP contribution in [0.3, 0.4) is 0 Å². The Balaban J connectivity index is 2.70.